The van der Waals surface area contributed by atoms with Crippen LogP contribution in [-0.4, -0.2) is 13.3 Å². The SMILES string of the molecule is O=[N+]([O-])c1ccc(COc2ccc(S(=O)(=O)Cl)cc2)cc1. The van der Waals surface area contributed by atoms with Crippen molar-refractivity contribution in [3.8, 4) is 5.75 Å². The Labute approximate surface area is 125 Å². The van der Waals surface area contributed by atoms with Crippen LogP contribution >= 0.6 is 10.7 Å². The fourth-order valence-corrected chi connectivity index (χ4v) is 2.35. The number of hydrogen-bond acceptors (Lipinski definition) is 5. The van der Waals surface area contributed by atoms with Gasteiger partial charge in [0.1, 0.15) is 12.4 Å². The molecule has 0 fully saturated rings. The molecule has 6 nitrogen and oxygen atoms in total. The third-order valence-corrected chi connectivity index (χ3v) is 4.03. The molecule has 0 aliphatic carbocycles. The number of nitrogens with zero attached hydrogens (tertiary/aromatic N) is 1. The fraction of sp³-hybridized carbons (Fsp3) is 0.0769. The van der Waals surface area contributed by atoms with Crippen molar-refractivity contribution in [2.45, 2.75) is 11.5 Å². The zero-order valence-corrected chi connectivity index (χ0v) is 12.2. The predicted octanol–water partition coefficient (Wildman–Crippen LogP) is 3.10. The Balaban J connectivity index is 2.01. The Morgan fingerprint density at radius 1 is 1.05 bits per heavy atom. The lowest BCUT2D eigenvalue weighted by molar-refractivity contribution is -0.384. The number of rotatable bonds is 5. The Bertz CT molecular complexity index is 741. The molecule has 0 spiro atoms. The number of halogens is 1. The van der Waals surface area contributed by atoms with Gasteiger partial charge in [0.05, 0.1) is 9.82 Å². The van der Waals surface area contributed by atoms with E-state index in [2.05, 4.69) is 0 Å². The molecule has 2 rings (SSSR count). The molecule has 21 heavy (non-hydrogen) atoms. The maximum Gasteiger partial charge on any atom is 0.269 e. The molecule has 0 saturated carbocycles. The van der Waals surface area contributed by atoms with Crippen molar-refractivity contribution in [2.24, 2.45) is 0 Å². The van der Waals surface area contributed by atoms with Crippen molar-refractivity contribution < 1.29 is 18.1 Å². The first-order valence-corrected chi connectivity index (χ1v) is 8.08. The molecule has 0 heterocycles. The summed E-state index contributed by atoms with van der Waals surface area (Å²) in [5.41, 5.74) is 0.769. The molecule has 2 aromatic carbocycles. The highest BCUT2D eigenvalue weighted by Crippen LogP contribution is 2.20. The Hall–Kier alpha value is -2.12. The van der Waals surface area contributed by atoms with Crippen molar-refractivity contribution in [1.29, 1.82) is 0 Å². The van der Waals surface area contributed by atoms with Gasteiger partial charge in [-0.05, 0) is 42.0 Å². The van der Waals surface area contributed by atoms with Gasteiger partial charge in [-0.3, -0.25) is 10.1 Å². The maximum atomic E-state index is 11.1. The molecule has 0 N–H and O–H groups in total. The summed E-state index contributed by atoms with van der Waals surface area (Å²) in [5, 5.41) is 10.5. The summed E-state index contributed by atoms with van der Waals surface area (Å²) in [6, 6.07) is 11.6. The summed E-state index contributed by atoms with van der Waals surface area (Å²) in [6.45, 7) is 0.213. The van der Waals surface area contributed by atoms with E-state index in [-0.39, 0.29) is 17.2 Å². The van der Waals surface area contributed by atoms with E-state index in [1.54, 1.807) is 12.1 Å². The van der Waals surface area contributed by atoms with Crippen molar-refractivity contribution in [1.82, 2.24) is 0 Å². The maximum absolute atomic E-state index is 11.1. The van der Waals surface area contributed by atoms with Gasteiger partial charge in [-0.15, -0.1) is 0 Å². The minimum Gasteiger partial charge on any atom is -0.489 e. The third kappa shape index (κ3) is 4.17. The van der Waals surface area contributed by atoms with Gasteiger partial charge in [0.15, 0.2) is 0 Å². The molecule has 0 unspecified atom stereocenters. The van der Waals surface area contributed by atoms with Crippen molar-refractivity contribution in [3.05, 3.63) is 64.2 Å². The van der Waals surface area contributed by atoms with Gasteiger partial charge in [-0.1, -0.05) is 0 Å². The van der Waals surface area contributed by atoms with Gasteiger partial charge in [-0.25, -0.2) is 8.42 Å². The summed E-state index contributed by atoms with van der Waals surface area (Å²) in [4.78, 5) is 10.0. The van der Waals surface area contributed by atoms with Gasteiger partial charge < -0.3 is 4.74 Å². The van der Waals surface area contributed by atoms with E-state index in [1.165, 1.54) is 36.4 Å². The summed E-state index contributed by atoms with van der Waals surface area (Å²) in [7, 11) is 1.45. The van der Waals surface area contributed by atoms with Gasteiger partial charge in [0, 0.05) is 22.8 Å². The zero-order valence-electron chi connectivity index (χ0n) is 10.6. The number of benzene rings is 2. The van der Waals surface area contributed by atoms with Crippen molar-refractivity contribution in [3.63, 3.8) is 0 Å². The largest absolute Gasteiger partial charge is 0.489 e. The fourth-order valence-electron chi connectivity index (χ4n) is 1.58. The van der Waals surface area contributed by atoms with Crippen LogP contribution in [0.4, 0.5) is 5.69 Å². The summed E-state index contributed by atoms with van der Waals surface area (Å²) < 4.78 is 27.6. The van der Waals surface area contributed by atoms with E-state index < -0.39 is 14.0 Å². The first-order valence-electron chi connectivity index (χ1n) is 5.77. The Kier molecular flexibility index (Phi) is 4.44. The van der Waals surface area contributed by atoms with Gasteiger partial charge in [0.25, 0.3) is 14.7 Å². The van der Waals surface area contributed by atoms with Crippen LogP contribution in [0, 0.1) is 10.1 Å². The second kappa shape index (κ2) is 6.11. The molecule has 0 radical (unpaired) electrons. The third-order valence-electron chi connectivity index (χ3n) is 2.66. The molecule has 110 valence electrons. The molecule has 0 saturated heterocycles. The minimum atomic E-state index is -3.75. The van der Waals surface area contributed by atoms with E-state index in [1.807, 2.05) is 0 Å². The van der Waals surface area contributed by atoms with Crippen LogP contribution in [0.25, 0.3) is 0 Å². The predicted molar refractivity (Wildman–Crippen MR) is 76.9 cm³/mol. The lowest BCUT2D eigenvalue weighted by Gasteiger charge is -2.06. The van der Waals surface area contributed by atoms with E-state index in [0.29, 0.717) is 5.75 Å². The van der Waals surface area contributed by atoms with E-state index >= 15 is 0 Å². The first-order chi connectivity index (χ1) is 9.86. The highest BCUT2D eigenvalue weighted by atomic mass is 35.7. The van der Waals surface area contributed by atoms with E-state index in [9.17, 15) is 18.5 Å². The van der Waals surface area contributed by atoms with Crippen LogP contribution in [0.15, 0.2) is 53.4 Å². The molecule has 8 heteroatoms. The molecular formula is C13H10ClNO5S. The average Bonchev–Trinajstić information content (AvgIpc) is 2.45. The summed E-state index contributed by atoms with van der Waals surface area (Å²) >= 11 is 0. The smallest absolute Gasteiger partial charge is 0.269 e. The zero-order chi connectivity index (χ0) is 15.5. The summed E-state index contributed by atoms with van der Waals surface area (Å²) in [5.74, 6) is 0.470. The lowest BCUT2D eigenvalue weighted by Crippen LogP contribution is -1.97. The van der Waals surface area contributed by atoms with Crippen LogP contribution < -0.4 is 4.74 Å². The van der Waals surface area contributed by atoms with Crippen LogP contribution in [0.5, 0.6) is 5.75 Å². The number of hydrogen-bond donors (Lipinski definition) is 0. The van der Waals surface area contributed by atoms with Gasteiger partial charge in [-0.2, -0.15) is 0 Å². The van der Waals surface area contributed by atoms with Crippen LogP contribution in [0.2, 0.25) is 0 Å². The van der Waals surface area contributed by atoms with Gasteiger partial charge >= 0.3 is 0 Å². The highest BCUT2D eigenvalue weighted by molar-refractivity contribution is 8.13. The highest BCUT2D eigenvalue weighted by Gasteiger charge is 2.09. The van der Waals surface area contributed by atoms with E-state index in [0.717, 1.165) is 5.56 Å². The van der Waals surface area contributed by atoms with Crippen LogP contribution in [0.3, 0.4) is 0 Å². The van der Waals surface area contributed by atoms with Crippen molar-refractivity contribution in [2.75, 3.05) is 0 Å². The molecular weight excluding hydrogens is 318 g/mol. The second-order valence-corrected chi connectivity index (χ2v) is 6.69. The quantitative estimate of drug-likeness (QED) is 0.478. The molecule has 0 bridgehead atoms. The molecule has 0 aliphatic heterocycles. The van der Waals surface area contributed by atoms with E-state index in [4.69, 9.17) is 15.4 Å². The first kappa shape index (κ1) is 15.3. The number of nitro groups is 1. The Morgan fingerprint density at radius 2 is 1.62 bits per heavy atom. The number of ether oxygens (including phenoxy) is 1. The molecule has 0 aliphatic rings. The standard InChI is InChI=1S/C13H10ClNO5S/c14-21(18,19)13-7-5-12(6-8-13)20-9-10-1-3-11(4-2-10)15(16)17/h1-8H,9H2. The number of non-ortho nitro benzene ring substituents is 1. The van der Waals surface area contributed by atoms with Crippen LogP contribution in [0.1, 0.15) is 5.56 Å². The summed E-state index contributed by atoms with van der Waals surface area (Å²) in [6.07, 6.45) is 0. The lowest BCUT2D eigenvalue weighted by atomic mass is 10.2. The molecule has 0 atom stereocenters. The second-order valence-electron chi connectivity index (χ2n) is 4.12. The van der Waals surface area contributed by atoms with Gasteiger partial charge in [0.2, 0.25) is 0 Å². The topological polar surface area (TPSA) is 86.5 Å². The minimum absolute atomic E-state index is 0.00754. The Morgan fingerprint density at radius 3 is 2.10 bits per heavy atom. The number of nitro benzene ring substituents is 1. The van der Waals surface area contributed by atoms with Crippen molar-refractivity contribution >= 4 is 25.4 Å². The monoisotopic (exact) mass is 327 g/mol. The molecule has 2 aromatic rings. The average molecular weight is 328 g/mol. The normalized spacial score (nSPS) is 11.1. The molecule has 0 amide bonds. The van der Waals surface area contributed by atoms with Crippen LogP contribution in [-0.2, 0) is 15.7 Å². The molecule has 0 aromatic heterocycles.